The second kappa shape index (κ2) is 21.7. The maximum absolute atomic E-state index is 2.46. The number of rotatable bonds is 12. The average molecular weight is 1150 g/mol. The molecule has 422 valence electrons. The van der Waals surface area contributed by atoms with Gasteiger partial charge in [-0.1, -0.05) is 291 Å². The first-order chi connectivity index (χ1) is 44.6. The fourth-order valence-corrected chi connectivity index (χ4v) is 15.1. The third-order valence-corrected chi connectivity index (χ3v) is 19.2. The maximum atomic E-state index is 2.46. The predicted octanol–water partition coefficient (Wildman–Crippen LogP) is 23.0. The summed E-state index contributed by atoms with van der Waals surface area (Å²) in [5.41, 5.74) is 25.4. The fraction of sp³-hybridized carbons (Fsp3) is 0.0227. The van der Waals surface area contributed by atoms with Crippen molar-refractivity contribution in [3.05, 3.63) is 408 Å². The Balaban J connectivity index is 0.722. The van der Waals surface area contributed by atoms with Crippen molar-refractivity contribution in [3.8, 4) is 44.5 Å². The van der Waals surface area contributed by atoms with Crippen LogP contribution in [0.5, 0.6) is 0 Å². The normalized spacial score (nSPS) is 13.1. The van der Waals surface area contributed by atoms with Crippen molar-refractivity contribution in [2.24, 2.45) is 0 Å². The molecule has 0 unspecified atom stereocenters. The van der Waals surface area contributed by atoms with Gasteiger partial charge in [0.15, 0.2) is 0 Å². The summed E-state index contributed by atoms with van der Waals surface area (Å²) in [5, 5.41) is 4.83. The Hall–Kier alpha value is -11.6. The molecule has 90 heavy (non-hydrogen) atoms. The van der Waals surface area contributed by atoms with E-state index in [4.69, 9.17) is 0 Å². The van der Waals surface area contributed by atoms with E-state index in [9.17, 15) is 0 Å². The zero-order chi connectivity index (χ0) is 59.6. The summed E-state index contributed by atoms with van der Waals surface area (Å²) >= 11 is 0. The van der Waals surface area contributed by atoms with Gasteiger partial charge in [-0.05, 0) is 183 Å². The molecule has 0 aromatic heterocycles. The lowest BCUT2D eigenvalue weighted by Gasteiger charge is -2.35. The fourth-order valence-electron chi connectivity index (χ4n) is 15.1. The number of hydrogen-bond donors (Lipinski definition) is 0. The monoisotopic (exact) mass is 1140 g/mol. The van der Waals surface area contributed by atoms with E-state index in [2.05, 4.69) is 374 Å². The van der Waals surface area contributed by atoms with Crippen molar-refractivity contribution in [3.63, 3.8) is 0 Å². The van der Waals surface area contributed by atoms with Crippen LogP contribution in [-0.4, -0.2) is 0 Å². The Morgan fingerprint density at radius 3 is 0.778 bits per heavy atom. The Bertz CT molecular complexity index is 4750. The molecule has 0 spiro atoms. The van der Waals surface area contributed by atoms with Crippen LogP contribution in [0.1, 0.15) is 44.5 Å². The molecule has 0 radical (unpaired) electrons. The van der Waals surface area contributed by atoms with Crippen LogP contribution < -0.4 is 9.80 Å². The summed E-state index contributed by atoms with van der Waals surface area (Å²) in [5.74, 6) is 0. The van der Waals surface area contributed by atoms with Crippen molar-refractivity contribution in [1.29, 1.82) is 0 Å². The molecule has 0 fully saturated rings. The van der Waals surface area contributed by atoms with Gasteiger partial charge >= 0.3 is 0 Å². The third-order valence-electron chi connectivity index (χ3n) is 19.2. The van der Waals surface area contributed by atoms with Crippen LogP contribution in [0.2, 0.25) is 0 Å². The van der Waals surface area contributed by atoms with Crippen LogP contribution in [-0.2, 0) is 10.8 Å². The standard InChI is InChI=1S/C88H60N2/c1-5-25-69(26-6-1)87(70-27-7-2-8-28-70)83-35-19-17-33-79(83)81-55-53-77(59-85(81)87)89(75-51-45-61-21-13-15-23-67(61)57-75)73-47-41-65(42-48-73)63-37-39-64(40-38-63)66-43-49-74(50-44-66)90(76-52-46-62-22-14-16-24-68(62)58-76)78-54-56-82-80-34-18-20-36-84(80)88(86(82)60-78,71-29-9-3-10-30-71)72-31-11-4-12-32-72/h1-60H. The Morgan fingerprint density at radius 1 is 0.167 bits per heavy atom. The highest BCUT2D eigenvalue weighted by Gasteiger charge is 2.48. The molecule has 0 amide bonds. The van der Waals surface area contributed by atoms with Crippen LogP contribution in [0.15, 0.2) is 364 Å². The maximum Gasteiger partial charge on any atom is 0.0714 e. The van der Waals surface area contributed by atoms with Crippen molar-refractivity contribution in [2.45, 2.75) is 10.8 Å². The molecule has 0 saturated heterocycles. The first kappa shape index (κ1) is 52.7. The minimum Gasteiger partial charge on any atom is -0.310 e. The lowest BCUT2D eigenvalue weighted by Crippen LogP contribution is -2.28. The molecule has 0 aliphatic heterocycles. The van der Waals surface area contributed by atoms with Gasteiger partial charge in [-0.15, -0.1) is 0 Å². The highest BCUT2D eigenvalue weighted by Crippen LogP contribution is 2.59. The first-order valence-corrected chi connectivity index (χ1v) is 31.2. The number of fused-ring (bicyclic) bond motifs is 8. The lowest BCUT2D eigenvalue weighted by molar-refractivity contribution is 0.768. The first-order valence-electron chi connectivity index (χ1n) is 31.2. The van der Waals surface area contributed by atoms with E-state index < -0.39 is 10.8 Å². The van der Waals surface area contributed by atoms with Crippen LogP contribution in [0.3, 0.4) is 0 Å². The van der Waals surface area contributed by atoms with E-state index in [-0.39, 0.29) is 0 Å². The summed E-state index contributed by atoms with van der Waals surface area (Å²) in [6.45, 7) is 0. The summed E-state index contributed by atoms with van der Waals surface area (Å²) < 4.78 is 0. The molecule has 0 atom stereocenters. The number of hydrogen-bond acceptors (Lipinski definition) is 2. The predicted molar refractivity (Wildman–Crippen MR) is 376 cm³/mol. The second-order valence-corrected chi connectivity index (χ2v) is 23.9. The summed E-state index contributed by atoms with van der Waals surface area (Å²) in [6.07, 6.45) is 0. The highest BCUT2D eigenvalue weighted by molar-refractivity contribution is 5.95. The lowest BCUT2D eigenvalue weighted by atomic mass is 9.67. The number of anilines is 6. The van der Waals surface area contributed by atoms with Gasteiger partial charge in [-0.2, -0.15) is 0 Å². The van der Waals surface area contributed by atoms with Gasteiger partial charge in [0.05, 0.1) is 10.8 Å². The minimum absolute atomic E-state index is 0.521. The van der Waals surface area contributed by atoms with Gasteiger partial charge in [0.2, 0.25) is 0 Å². The van der Waals surface area contributed by atoms with Crippen LogP contribution >= 0.6 is 0 Å². The van der Waals surface area contributed by atoms with Gasteiger partial charge in [-0.3, -0.25) is 0 Å². The third kappa shape index (κ3) is 8.48. The summed E-state index contributed by atoms with van der Waals surface area (Å²) in [6, 6.07) is 135. The van der Waals surface area contributed by atoms with Crippen LogP contribution in [0.25, 0.3) is 66.1 Å². The molecule has 2 heteroatoms. The summed E-state index contributed by atoms with van der Waals surface area (Å²) in [7, 11) is 0. The highest BCUT2D eigenvalue weighted by atomic mass is 15.1. The molecular formula is C88H60N2. The molecule has 2 aliphatic carbocycles. The topological polar surface area (TPSA) is 6.48 Å². The van der Waals surface area contributed by atoms with Gasteiger partial charge in [-0.25, -0.2) is 0 Å². The summed E-state index contributed by atoms with van der Waals surface area (Å²) in [4.78, 5) is 4.86. The molecular weight excluding hydrogens is 1080 g/mol. The Kier molecular flexibility index (Phi) is 12.7. The number of benzene rings is 15. The van der Waals surface area contributed by atoms with Crippen molar-refractivity contribution < 1.29 is 0 Å². The van der Waals surface area contributed by atoms with Gasteiger partial charge in [0.1, 0.15) is 0 Å². The molecule has 2 aliphatic rings. The Morgan fingerprint density at radius 2 is 0.422 bits per heavy atom. The molecule has 15 aromatic rings. The van der Waals surface area contributed by atoms with Crippen molar-refractivity contribution >= 4 is 55.7 Å². The molecule has 0 N–H and O–H groups in total. The number of nitrogens with zero attached hydrogens (tertiary/aromatic N) is 2. The van der Waals surface area contributed by atoms with Crippen molar-refractivity contribution in [1.82, 2.24) is 0 Å². The zero-order valence-electron chi connectivity index (χ0n) is 49.5. The van der Waals surface area contributed by atoms with Gasteiger partial charge in [0, 0.05) is 34.1 Å². The van der Waals surface area contributed by atoms with E-state index >= 15 is 0 Å². The molecule has 0 saturated carbocycles. The zero-order valence-corrected chi connectivity index (χ0v) is 49.5. The minimum atomic E-state index is -0.521. The van der Waals surface area contributed by atoms with E-state index in [0.29, 0.717) is 0 Å². The van der Waals surface area contributed by atoms with E-state index in [1.807, 2.05) is 0 Å². The molecule has 0 bridgehead atoms. The van der Waals surface area contributed by atoms with E-state index in [1.165, 1.54) is 88.3 Å². The van der Waals surface area contributed by atoms with E-state index in [1.54, 1.807) is 0 Å². The largest absolute Gasteiger partial charge is 0.310 e. The van der Waals surface area contributed by atoms with Crippen molar-refractivity contribution in [2.75, 3.05) is 9.80 Å². The van der Waals surface area contributed by atoms with Crippen LogP contribution in [0, 0.1) is 0 Å². The smallest absolute Gasteiger partial charge is 0.0714 e. The average Bonchev–Trinajstić information content (AvgIpc) is 1.55. The quantitative estimate of drug-likeness (QED) is 0.120. The molecule has 15 aromatic carbocycles. The van der Waals surface area contributed by atoms with E-state index in [0.717, 1.165) is 56.4 Å². The molecule has 2 nitrogen and oxygen atoms in total. The SMILES string of the molecule is c1ccc(C2(c3ccccc3)c3ccccc3-c3ccc(N(c4ccc(-c5ccc(-c6ccc(N(c7ccc8c(c7)C(c7ccccc7)(c7ccccc7)c7ccccc7-8)c7ccc8ccccc8c7)cc6)cc5)cc4)c4ccc5ccccc5c4)cc32)cc1. The van der Waals surface area contributed by atoms with Gasteiger partial charge < -0.3 is 9.80 Å². The molecule has 17 rings (SSSR count). The van der Waals surface area contributed by atoms with Gasteiger partial charge in [0.25, 0.3) is 0 Å². The van der Waals surface area contributed by atoms with Crippen LogP contribution in [0.4, 0.5) is 34.1 Å². The second-order valence-electron chi connectivity index (χ2n) is 23.9. The Labute approximate surface area is 526 Å². The molecule has 0 heterocycles.